The topological polar surface area (TPSA) is 117 Å². The highest BCUT2D eigenvalue weighted by atomic mass is 32.2. The molecular formula is C24H25N3O5S. The molecule has 8 nitrogen and oxygen atoms in total. The first-order chi connectivity index (χ1) is 15.9. The smallest absolute Gasteiger partial charge is 0.331 e. The fourth-order valence-electron chi connectivity index (χ4n) is 3.81. The number of aromatic hydroxyl groups is 2. The minimum absolute atomic E-state index is 0.00857. The molecule has 1 aliphatic heterocycles. The van der Waals surface area contributed by atoms with Gasteiger partial charge in [0.1, 0.15) is 5.56 Å². The number of phenolic OH excluding ortho intramolecular Hbond substituents is 1. The van der Waals surface area contributed by atoms with Crippen LogP contribution in [-0.2, 0) is 6.54 Å². The standard InChI is InChI=1S/C24H25N3O5S/c1-3-4-11-27-23(30)21(22(29)26-24(27)31)16-13-20(14-9-10-18(32-2)17(28)12-14)33-19-8-6-5-7-15(19)25-16/h5-10,12,20,28,30H,3-4,11,13H2,1-2H3,(H,26,29,31). The number of hydrogen-bond acceptors (Lipinski definition) is 7. The molecule has 0 bridgehead atoms. The number of phenols is 1. The largest absolute Gasteiger partial charge is 0.504 e. The van der Waals surface area contributed by atoms with Crippen LogP contribution in [0.2, 0.25) is 0 Å². The highest BCUT2D eigenvalue weighted by molar-refractivity contribution is 7.99. The van der Waals surface area contributed by atoms with Crippen LogP contribution in [0.4, 0.5) is 5.69 Å². The van der Waals surface area contributed by atoms with Gasteiger partial charge in [0.15, 0.2) is 11.5 Å². The van der Waals surface area contributed by atoms with Crippen molar-refractivity contribution in [2.24, 2.45) is 4.99 Å². The van der Waals surface area contributed by atoms with Crippen molar-refractivity contribution < 1.29 is 14.9 Å². The molecule has 2 aromatic carbocycles. The number of benzene rings is 2. The van der Waals surface area contributed by atoms with E-state index in [0.717, 1.165) is 16.9 Å². The maximum Gasteiger partial charge on any atom is 0.331 e. The molecule has 9 heteroatoms. The molecule has 4 rings (SSSR count). The summed E-state index contributed by atoms with van der Waals surface area (Å²) in [5.41, 5.74) is 0.531. The number of aromatic nitrogens is 2. The molecule has 2 heterocycles. The number of para-hydroxylation sites is 1. The van der Waals surface area contributed by atoms with Gasteiger partial charge in [-0.05, 0) is 36.2 Å². The summed E-state index contributed by atoms with van der Waals surface area (Å²) in [4.78, 5) is 33.1. The lowest BCUT2D eigenvalue weighted by Crippen LogP contribution is -2.34. The summed E-state index contributed by atoms with van der Waals surface area (Å²) in [6, 6.07) is 12.7. The fourth-order valence-corrected chi connectivity index (χ4v) is 5.03. The molecule has 0 aliphatic carbocycles. The molecule has 1 unspecified atom stereocenters. The Morgan fingerprint density at radius 2 is 2.00 bits per heavy atom. The predicted octanol–water partition coefficient (Wildman–Crippen LogP) is 4.11. The van der Waals surface area contributed by atoms with Crippen molar-refractivity contribution in [3.63, 3.8) is 0 Å². The van der Waals surface area contributed by atoms with E-state index in [9.17, 15) is 19.8 Å². The van der Waals surface area contributed by atoms with Gasteiger partial charge >= 0.3 is 5.69 Å². The van der Waals surface area contributed by atoms with E-state index < -0.39 is 11.2 Å². The number of nitrogens with one attached hydrogen (secondary N) is 1. The SMILES string of the molecule is CCCCn1c(O)c(C2=Nc3ccccc3SC(c3ccc(OC)c(O)c3)C2)c(=O)[nH]c1=O. The Hall–Kier alpha value is -3.46. The van der Waals surface area contributed by atoms with Gasteiger partial charge in [0.2, 0.25) is 5.88 Å². The molecular weight excluding hydrogens is 442 g/mol. The second kappa shape index (κ2) is 9.58. The molecule has 0 saturated carbocycles. The Labute approximate surface area is 194 Å². The number of hydrogen-bond donors (Lipinski definition) is 3. The van der Waals surface area contributed by atoms with Crippen LogP contribution in [0.15, 0.2) is 61.9 Å². The van der Waals surface area contributed by atoms with Crippen LogP contribution in [-0.4, -0.2) is 32.6 Å². The Kier molecular flexibility index (Phi) is 6.60. The van der Waals surface area contributed by atoms with Crippen LogP contribution >= 0.6 is 11.8 Å². The molecule has 0 spiro atoms. The number of fused-ring (bicyclic) bond motifs is 1. The van der Waals surface area contributed by atoms with Crippen molar-refractivity contribution in [2.45, 2.75) is 42.9 Å². The van der Waals surface area contributed by atoms with E-state index in [2.05, 4.69) is 4.98 Å². The molecule has 3 aromatic rings. The zero-order valence-corrected chi connectivity index (χ0v) is 19.2. The van der Waals surface area contributed by atoms with E-state index in [4.69, 9.17) is 9.73 Å². The van der Waals surface area contributed by atoms with Crippen molar-refractivity contribution in [1.29, 1.82) is 0 Å². The number of unbranched alkanes of at least 4 members (excludes halogenated alkanes) is 1. The highest BCUT2D eigenvalue weighted by Crippen LogP contribution is 2.46. The summed E-state index contributed by atoms with van der Waals surface area (Å²) in [6.45, 7) is 2.27. The number of nitrogens with zero attached hydrogens (tertiary/aromatic N) is 2. The lowest BCUT2D eigenvalue weighted by molar-refractivity contribution is 0.373. The molecule has 0 fully saturated rings. The number of methoxy groups -OCH3 is 1. The van der Waals surface area contributed by atoms with Crippen LogP contribution < -0.4 is 16.0 Å². The lowest BCUT2D eigenvalue weighted by Gasteiger charge is -2.18. The Morgan fingerprint density at radius 3 is 2.73 bits per heavy atom. The Balaban J connectivity index is 1.86. The van der Waals surface area contributed by atoms with E-state index >= 15 is 0 Å². The number of H-pyrrole nitrogens is 1. The third-order valence-electron chi connectivity index (χ3n) is 5.54. The van der Waals surface area contributed by atoms with Crippen LogP contribution in [0.1, 0.15) is 42.6 Å². The predicted molar refractivity (Wildman–Crippen MR) is 128 cm³/mol. The first-order valence-electron chi connectivity index (χ1n) is 10.7. The minimum Gasteiger partial charge on any atom is -0.504 e. The third kappa shape index (κ3) is 4.54. The normalized spacial score (nSPS) is 15.5. The van der Waals surface area contributed by atoms with E-state index in [1.54, 1.807) is 23.9 Å². The molecule has 172 valence electrons. The van der Waals surface area contributed by atoms with Crippen LogP contribution in [0.3, 0.4) is 0 Å². The molecule has 1 atom stereocenters. The van der Waals surface area contributed by atoms with Gasteiger partial charge < -0.3 is 14.9 Å². The summed E-state index contributed by atoms with van der Waals surface area (Å²) < 4.78 is 6.34. The average molecular weight is 468 g/mol. The quantitative estimate of drug-likeness (QED) is 0.502. The summed E-state index contributed by atoms with van der Waals surface area (Å²) in [5, 5.41) is 21.0. The van der Waals surface area contributed by atoms with Gasteiger partial charge in [-0.2, -0.15) is 0 Å². The number of aliphatic imine (C=N–C) groups is 1. The summed E-state index contributed by atoms with van der Waals surface area (Å²) >= 11 is 1.56. The highest BCUT2D eigenvalue weighted by Gasteiger charge is 2.27. The van der Waals surface area contributed by atoms with Crippen molar-refractivity contribution in [3.05, 3.63) is 74.4 Å². The van der Waals surface area contributed by atoms with Crippen molar-refractivity contribution in [3.8, 4) is 17.4 Å². The molecule has 0 amide bonds. The first kappa shape index (κ1) is 22.7. The zero-order valence-electron chi connectivity index (χ0n) is 18.4. The second-order valence-corrected chi connectivity index (χ2v) is 8.98. The molecule has 33 heavy (non-hydrogen) atoms. The van der Waals surface area contributed by atoms with Gasteiger partial charge in [0.05, 0.1) is 18.5 Å². The minimum atomic E-state index is -0.676. The molecule has 0 saturated heterocycles. The van der Waals surface area contributed by atoms with Gasteiger partial charge in [-0.3, -0.25) is 19.3 Å². The maximum absolute atomic E-state index is 12.8. The molecule has 0 radical (unpaired) electrons. The number of aromatic amines is 1. The average Bonchev–Trinajstić information content (AvgIpc) is 2.98. The van der Waals surface area contributed by atoms with Gasteiger partial charge in [-0.1, -0.05) is 31.5 Å². The van der Waals surface area contributed by atoms with E-state index in [-0.39, 0.29) is 22.4 Å². The van der Waals surface area contributed by atoms with Crippen LogP contribution in [0.5, 0.6) is 17.4 Å². The molecule has 3 N–H and O–H groups in total. The zero-order chi connectivity index (χ0) is 23.5. The van der Waals surface area contributed by atoms with Crippen molar-refractivity contribution in [1.82, 2.24) is 9.55 Å². The van der Waals surface area contributed by atoms with E-state index in [1.807, 2.05) is 37.3 Å². The van der Waals surface area contributed by atoms with E-state index in [0.29, 0.717) is 36.5 Å². The summed E-state index contributed by atoms with van der Waals surface area (Å²) in [5.74, 6) is 0.000780. The van der Waals surface area contributed by atoms with Crippen molar-refractivity contribution in [2.75, 3.05) is 7.11 Å². The lowest BCUT2D eigenvalue weighted by atomic mass is 10.0. The number of thioether (sulfide) groups is 1. The number of ether oxygens (including phenoxy) is 1. The third-order valence-corrected chi connectivity index (χ3v) is 6.86. The first-order valence-corrected chi connectivity index (χ1v) is 11.6. The van der Waals surface area contributed by atoms with Crippen LogP contribution in [0, 0.1) is 0 Å². The molecule has 1 aliphatic rings. The Bertz CT molecular complexity index is 1330. The van der Waals surface area contributed by atoms with Gasteiger partial charge in [0, 0.05) is 23.1 Å². The van der Waals surface area contributed by atoms with Gasteiger partial charge in [0.25, 0.3) is 5.56 Å². The van der Waals surface area contributed by atoms with E-state index in [1.165, 1.54) is 11.7 Å². The summed E-state index contributed by atoms with van der Waals surface area (Å²) in [6.07, 6.45) is 1.81. The maximum atomic E-state index is 12.8. The monoisotopic (exact) mass is 467 g/mol. The second-order valence-electron chi connectivity index (χ2n) is 7.73. The van der Waals surface area contributed by atoms with Gasteiger partial charge in [-0.25, -0.2) is 4.79 Å². The van der Waals surface area contributed by atoms with Crippen LogP contribution in [0.25, 0.3) is 0 Å². The molecule has 1 aromatic heterocycles. The van der Waals surface area contributed by atoms with Crippen molar-refractivity contribution >= 4 is 23.2 Å². The van der Waals surface area contributed by atoms with Gasteiger partial charge in [-0.15, -0.1) is 11.8 Å². The Morgan fingerprint density at radius 1 is 1.21 bits per heavy atom. The number of rotatable bonds is 6. The fraction of sp³-hybridized carbons (Fsp3) is 0.292. The summed E-state index contributed by atoms with van der Waals surface area (Å²) in [7, 11) is 1.48.